The van der Waals surface area contributed by atoms with Gasteiger partial charge in [0, 0.05) is 38.4 Å². The maximum absolute atomic E-state index is 6.44. The topological polar surface area (TPSA) is 41.7 Å². The molecule has 2 saturated heterocycles. The van der Waals surface area contributed by atoms with Crippen molar-refractivity contribution < 1.29 is 4.74 Å². The molecule has 0 aromatic heterocycles. The lowest BCUT2D eigenvalue weighted by Crippen LogP contribution is -2.54. The molecule has 4 heteroatoms. The SMILES string of the molecule is CN1CCCN(CC2(N)CCOCC2)CC1. The summed E-state index contributed by atoms with van der Waals surface area (Å²) in [6.07, 6.45) is 3.29. The number of rotatable bonds is 2. The van der Waals surface area contributed by atoms with Gasteiger partial charge in [-0.3, -0.25) is 0 Å². The van der Waals surface area contributed by atoms with Crippen molar-refractivity contribution in [2.45, 2.75) is 24.8 Å². The highest BCUT2D eigenvalue weighted by atomic mass is 16.5. The van der Waals surface area contributed by atoms with Gasteiger partial charge < -0.3 is 20.3 Å². The molecule has 2 rings (SSSR count). The number of hydrogen-bond donors (Lipinski definition) is 1. The summed E-state index contributed by atoms with van der Waals surface area (Å²) in [5.41, 5.74) is 6.44. The van der Waals surface area contributed by atoms with Crippen LogP contribution in [0, 0.1) is 0 Å². The summed E-state index contributed by atoms with van der Waals surface area (Å²) in [4.78, 5) is 4.95. The molecule has 0 unspecified atom stereocenters. The number of ether oxygens (including phenoxy) is 1. The first-order valence-electron chi connectivity index (χ1n) is 6.46. The van der Waals surface area contributed by atoms with E-state index in [1.807, 2.05) is 0 Å². The molecule has 0 saturated carbocycles. The van der Waals surface area contributed by atoms with Crippen LogP contribution in [-0.4, -0.2) is 68.3 Å². The molecule has 2 heterocycles. The second kappa shape index (κ2) is 5.45. The van der Waals surface area contributed by atoms with Crippen LogP contribution in [0.1, 0.15) is 19.3 Å². The van der Waals surface area contributed by atoms with Gasteiger partial charge in [-0.15, -0.1) is 0 Å². The van der Waals surface area contributed by atoms with E-state index in [1.54, 1.807) is 0 Å². The second-order valence-corrected chi connectivity index (χ2v) is 5.41. The van der Waals surface area contributed by atoms with E-state index in [0.29, 0.717) is 0 Å². The zero-order valence-corrected chi connectivity index (χ0v) is 10.5. The normalized spacial score (nSPS) is 28.9. The maximum Gasteiger partial charge on any atom is 0.0484 e. The Balaban J connectivity index is 1.83. The highest BCUT2D eigenvalue weighted by molar-refractivity contribution is 4.90. The molecule has 0 spiro atoms. The predicted octanol–water partition coefficient (Wildman–Crippen LogP) is 0.132. The van der Waals surface area contributed by atoms with Crippen molar-refractivity contribution in [1.29, 1.82) is 0 Å². The number of hydrogen-bond acceptors (Lipinski definition) is 4. The second-order valence-electron chi connectivity index (χ2n) is 5.41. The van der Waals surface area contributed by atoms with E-state index in [0.717, 1.165) is 39.1 Å². The molecule has 0 aromatic rings. The van der Waals surface area contributed by atoms with Crippen molar-refractivity contribution in [3.63, 3.8) is 0 Å². The standard InChI is InChI=1S/C12H25N3O/c1-14-5-2-6-15(8-7-14)11-12(13)3-9-16-10-4-12/h2-11,13H2,1H3. The van der Waals surface area contributed by atoms with Gasteiger partial charge in [0.25, 0.3) is 0 Å². The fourth-order valence-electron chi connectivity index (χ4n) is 2.64. The Morgan fingerprint density at radius 1 is 1.12 bits per heavy atom. The summed E-state index contributed by atoms with van der Waals surface area (Å²) >= 11 is 0. The van der Waals surface area contributed by atoms with Crippen LogP contribution in [0.5, 0.6) is 0 Å². The Morgan fingerprint density at radius 2 is 1.88 bits per heavy atom. The van der Waals surface area contributed by atoms with Gasteiger partial charge in [0.1, 0.15) is 0 Å². The summed E-state index contributed by atoms with van der Waals surface area (Å²) in [6.45, 7) is 7.48. The van der Waals surface area contributed by atoms with Gasteiger partial charge in [0.15, 0.2) is 0 Å². The minimum absolute atomic E-state index is 0.00115. The van der Waals surface area contributed by atoms with Crippen molar-refractivity contribution in [2.75, 3.05) is 53.0 Å². The predicted molar refractivity (Wildman–Crippen MR) is 65.5 cm³/mol. The van der Waals surface area contributed by atoms with Gasteiger partial charge >= 0.3 is 0 Å². The molecule has 0 radical (unpaired) electrons. The van der Waals surface area contributed by atoms with Crippen LogP contribution < -0.4 is 5.73 Å². The van der Waals surface area contributed by atoms with Crippen molar-refractivity contribution in [3.8, 4) is 0 Å². The van der Waals surface area contributed by atoms with Crippen molar-refractivity contribution in [2.24, 2.45) is 5.73 Å². The van der Waals surface area contributed by atoms with Crippen LogP contribution in [0.3, 0.4) is 0 Å². The van der Waals surface area contributed by atoms with E-state index < -0.39 is 0 Å². The highest BCUT2D eigenvalue weighted by Crippen LogP contribution is 2.19. The molecule has 0 amide bonds. The van der Waals surface area contributed by atoms with Gasteiger partial charge in [-0.25, -0.2) is 0 Å². The van der Waals surface area contributed by atoms with E-state index in [-0.39, 0.29) is 5.54 Å². The molecule has 94 valence electrons. The Labute approximate surface area is 98.7 Å². The van der Waals surface area contributed by atoms with E-state index in [9.17, 15) is 0 Å². The van der Waals surface area contributed by atoms with Crippen molar-refractivity contribution >= 4 is 0 Å². The molecule has 2 aliphatic rings. The van der Waals surface area contributed by atoms with Gasteiger partial charge in [0.05, 0.1) is 0 Å². The van der Waals surface area contributed by atoms with Crippen LogP contribution in [0.2, 0.25) is 0 Å². The average Bonchev–Trinajstić information content (AvgIpc) is 2.44. The Kier molecular flexibility index (Phi) is 4.19. The molecule has 0 aromatic carbocycles. The summed E-state index contributed by atoms with van der Waals surface area (Å²) in [7, 11) is 2.20. The molecule has 2 aliphatic heterocycles. The van der Waals surface area contributed by atoms with Gasteiger partial charge in [0.2, 0.25) is 0 Å². The molecule has 0 bridgehead atoms. The summed E-state index contributed by atoms with van der Waals surface area (Å²) in [6, 6.07) is 0. The minimum Gasteiger partial charge on any atom is -0.381 e. The molecule has 2 fully saturated rings. The van der Waals surface area contributed by atoms with Gasteiger partial charge in [-0.1, -0.05) is 0 Å². The third kappa shape index (κ3) is 3.42. The molecule has 0 atom stereocenters. The highest BCUT2D eigenvalue weighted by Gasteiger charge is 2.30. The van der Waals surface area contributed by atoms with Crippen LogP contribution in [0.4, 0.5) is 0 Å². The van der Waals surface area contributed by atoms with E-state index in [4.69, 9.17) is 10.5 Å². The summed E-state index contributed by atoms with van der Waals surface area (Å²) in [5.74, 6) is 0. The largest absolute Gasteiger partial charge is 0.381 e. The van der Waals surface area contributed by atoms with Crippen LogP contribution in [-0.2, 0) is 4.74 Å². The molecule has 4 nitrogen and oxygen atoms in total. The molecular formula is C12H25N3O. The molecule has 16 heavy (non-hydrogen) atoms. The lowest BCUT2D eigenvalue weighted by molar-refractivity contribution is 0.0383. The quantitative estimate of drug-likeness (QED) is 0.728. The molecule has 2 N–H and O–H groups in total. The Hall–Kier alpha value is -0.160. The van der Waals surface area contributed by atoms with Crippen LogP contribution in [0.25, 0.3) is 0 Å². The van der Waals surface area contributed by atoms with Gasteiger partial charge in [-0.2, -0.15) is 0 Å². The first-order chi connectivity index (χ1) is 7.68. The van der Waals surface area contributed by atoms with Crippen molar-refractivity contribution in [3.05, 3.63) is 0 Å². The summed E-state index contributed by atoms with van der Waals surface area (Å²) in [5, 5.41) is 0. The number of nitrogens with zero attached hydrogens (tertiary/aromatic N) is 2. The van der Waals surface area contributed by atoms with E-state index in [2.05, 4.69) is 16.8 Å². The Morgan fingerprint density at radius 3 is 2.62 bits per heavy atom. The average molecular weight is 227 g/mol. The number of likely N-dealkylation sites (N-methyl/N-ethyl adjacent to an activating group) is 1. The number of nitrogens with two attached hydrogens (primary N) is 1. The van der Waals surface area contributed by atoms with E-state index in [1.165, 1.54) is 26.1 Å². The van der Waals surface area contributed by atoms with Crippen molar-refractivity contribution in [1.82, 2.24) is 9.80 Å². The maximum atomic E-state index is 6.44. The zero-order chi connectivity index (χ0) is 11.4. The van der Waals surface area contributed by atoms with Crippen LogP contribution >= 0.6 is 0 Å². The fraction of sp³-hybridized carbons (Fsp3) is 1.00. The van der Waals surface area contributed by atoms with E-state index >= 15 is 0 Å². The monoisotopic (exact) mass is 227 g/mol. The molecular weight excluding hydrogens is 202 g/mol. The lowest BCUT2D eigenvalue weighted by atomic mass is 9.90. The van der Waals surface area contributed by atoms with Crippen LogP contribution in [0.15, 0.2) is 0 Å². The zero-order valence-electron chi connectivity index (χ0n) is 10.5. The first kappa shape index (κ1) is 12.3. The Bertz CT molecular complexity index is 216. The third-order valence-corrected chi connectivity index (χ3v) is 3.84. The first-order valence-corrected chi connectivity index (χ1v) is 6.46. The fourth-order valence-corrected chi connectivity index (χ4v) is 2.64. The lowest BCUT2D eigenvalue weighted by Gasteiger charge is -2.37. The summed E-state index contributed by atoms with van der Waals surface area (Å²) < 4.78 is 5.39. The minimum atomic E-state index is 0.00115. The third-order valence-electron chi connectivity index (χ3n) is 3.84. The molecule has 0 aliphatic carbocycles. The van der Waals surface area contributed by atoms with Gasteiger partial charge in [-0.05, 0) is 39.4 Å². The smallest absolute Gasteiger partial charge is 0.0484 e.